The van der Waals surface area contributed by atoms with Crippen molar-refractivity contribution in [2.24, 2.45) is 5.16 Å². The van der Waals surface area contributed by atoms with Crippen molar-refractivity contribution in [3.8, 4) is 0 Å². The van der Waals surface area contributed by atoms with Gasteiger partial charge in [0.25, 0.3) is 0 Å². The zero-order chi connectivity index (χ0) is 14.6. The summed E-state index contributed by atoms with van der Waals surface area (Å²) in [5.41, 5.74) is 4.36. The van der Waals surface area contributed by atoms with Crippen molar-refractivity contribution in [3.05, 3.63) is 46.7 Å². The number of carbonyl (C=O) groups excluding carboxylic acids is 1. The van der Waals surface area contributed by atoms with Gasteiger partial charge in [0.05, 0.1) is 17.5 Å². The molecule has 0 aromatic heterocycles. The van der Waals surface area contributed by atoms with Crippen LogP contribution in [0.3, 0.4) is 0 Å². The van der Waals surface area contributed by atoms with E-state index in [0.717, 1.165) is 18.7 Å². The van der Waals surface area contributed by atoms with Crippen molar-refractivity contribution in [1.82, 2.24) is 4.90 Å². The van der Waals surface area contributed by atoms with Crippen LogP contribution in [0.5, 0.6) is 0 Å². The molecule has 3 aliphatic heterocycles. The summed E-state index contributed by atoms with van der Waals surface area (Å²) in [4.78, 5) is 14.3. The molecular weight excluding hydrogens is 268 g/mol. The number of fused-ring (bicyclic) bond motifs is 4. The lowest BCUT2D eigenvalue weighted by Gasteiger charge is -2.43. The fourth-order valence-electron chi connectivity index (χ4n) is 3.76. The molecule has 3 heterocycles. The maximum atomic E-state index is 12.0. The molecule has 4 rings (SSSR count). The lowest BCUT2D eigenvalue weighted by atomic mass is 9.84. The summed E-state index contributed by atoms with van der Waals surface area (Å²) < 4.78 is 5.33. The molecule has 5 heteroatoms. The SMILES string of the molecule is C[C@@H]1OC(=O)C2=C1N1CCc3ccccc3C1CC2=NO. The highest BCUT2D eigenvalue weighted by Gasteiger charge is 2.45. The van der Waals surface area contributed by atoms with Gasteiger partial charge in [-0.1, -0.05) is 29.4 Å². The number of benzene rings is 1. The second-order valence-electron chi connectivity index (χ2n) is 5.72. The predicted molar refractivity (Wildman–Crippen MR) is 76.0 cm³/mol. The first-order valence-electron chi connectivity index (χ1n) is 7.21. The molecule has 2 atom stereocenters. The molecule has 1 unspecified atom stereocenters. The summed E-state index contributed by atoms with van der Waals surface area (Å²) in [7, 11) is 0. The average Bonchev–Trinajstić information content (AvgIpc) is 2.81. The number of ether oxygens (including phenoxy) is 1. The van der Waals surface area contributed by atoms with Crippen LogP contribution in [-0.2, 0) is 16.0 Å². The monoisotopic (exact) mass is 284 g/mol. The number of hydrogen-bond acceptors (Lipinski definition) is 5. The van der Waals surface area contributed by atoms with Crippen molar-refractivity contribution in [2.75, 3.05) is 6.54 Å². The zero-order valence-electron chi connectivity index (χ0n) is 11.7. The molecule has 0 saturated carbocycles. The molecule has 0 saturated heterocycles. The highest BCUT2D eigenvalue weighted by molar-refractivity contribution is 6.22. The van der Waals surface area contributed by atoms with Gasteiger partial charge in [0, 0.05) is 13.0 Å². The Hall–Kier alpha value is -2.30. The minimum atomic E-state index is -0.373. The summed E-state index contributed by atoms with van der Waals surface area (Å²) >= 11 is 0. The fraction of sp³-hybridized carbons (Fsp3) is 0.375. The second-order valence-corrected chi connectivity index (χ2v) is 5.72. The van der Waals surface area contributed by atoms with Crippen LogP contribution in [-0.4, -0.2) is 34.4 Å². The van der Waals surface area contributed by atoms with Crippen LogP contribution in [0.2, 0.25) is 0 Å². The molecule has 1 aromatic carbocycles. The summed E-state index contributed by atoms with van der Waals surface area (Å²) in [6.45, 7) is 2.73. The molecule has 0 bridgehead atoms. The molecule has 0 fully saturated rings. The lowest BCUT2D eigenvalue weighted by molar-refractivity contribution is -0.138. The number of esters is 1. The van der Waals surface area contributed by atoms with Crippen molar-refractivity contribution in [3.63, 3.8) is 0 Å². The van der Waals surface area contributed by atoms with E-state index in [4.69, 9.17) is 4.74 Å². The molecule has 21 heavy (non-hydrogen) atoms. The minimum Gasteiger partial charge on any atom is -0.453 e. The first-order valence-corrected chi connectivity index (χ1v) is 7.21. The Bertz CT molecular complexity index is 693. The van der Waals surface area contributed by atoms with Crippen LogP contribution in [0.15, 0.2) is 40.7 Å². The first-order chi connectivity index (χ1) is 10.2. The molecular formula is C16H16N2O3. The van der Waals surface area contributed by atoms with Gasteiger partial charge in [-0.2, -0.15) is 0 Å². The van der Waals surface area contributed by atoms with E-state index < -0.39 is 0 Å². The summed E-state index contributed by atoms with van der Waals surface area (Å²) in [6.07, 6.45) is 1.21. The lowest BCUT2D eigenvalue weighted by Crippen LogP contribution is -2.42. The number of carbonyl (C=O) groups is 1. The van der Waals surface area contributed by atoms with Gasteiger partial charge in [-0.3, -0.25) is 0 Å². The summed E-state index contributed by atoms with van der Waals surface area (Å²) in [6, 6.07) is 8.47. The summed E-state index contributed by atoms with van der Waals surface area (Å²) in [5.74, 6) is -0.373. The Balaban J connectivity index is 1.88. The van der Waals surface area contributed by atoms with Crippen molar-refractivity contribution in [1.29, 1.82) is 0 Å². The Kier molecular flexibility index (Phi) is 2.58. The van der Waals surface area contributed by atoms with Crippen LogP contribution >= 0.6 is 0 Å². The number of cyclic esters (lactones) is 1. The third kappa shape index (κ3) is 1.63. The quantitative estimate of drug-likeness (QED) is 0.450. The first kappa shape index (κ1) is 12.4. The van der Waals surface area contributed by atoms with Gasteiger partial charge in [-0.05, 0) is 24.5 Å². The standard InChI is InChI=1S/C16H16N2O3/c1-9-15-14(16(19)21-9)12(17-20)8-13-11-5-3-2-4-10(11)6-7-18(13)15/h2-5,9,13,20H,6-8H2,1H3/t9-,13?/m0/s1. The van der Waals surface area contributed by atoms with Crippen molar-refractivity contribution in [2.45, 2.75) is 31.9 Å². The van der Waals surface area contributed by atoms with E-state index in [2.05, 4.69) is 22.2 Å². The summed E-state index contributed by atoms with van der Waals surface area (Å²) in [5, 5.41) is 12.7. The molecule has 0 amide bonds. The van der Waals surface area contributed by atoms with Crippen LogP contribution < -0.4 is 0 Å². The number of nitrogens with zero attached hydrogens (tertiary/aromatic N) is 2. The molecule has 0 radical (unpaired) electrons. The van der Waals surface area contributed by atoms with Crippen molar-refractivity contribution < 1.29 is 14.7 Å². The van der Waals surface area contributed by atoms with E-state index in [1.807, 2.05) is 19.1 Å². The van der Waals surface area contributed by atoms with Crippen LogP contribution in [0.25, 0.3) is 0 Å². The normalized spacial score (nSPS) is 29.1. The Labute approximate surface area is 122 Å². The molecule has 108 valence electrons. The van der Waals surface area contributed by atoms with Crippen LogP contribution in [0.4, 0.5) is 0 Å². The van der Waals surface area contributed by atoms with E-state index >= 15 is 0 Å². The number of hydrogen-bond donors (Lipinski definition) is 1. The number of rotatable bonds is 0. The fourth-order valence-corrected chi connectivity index (χ4v) is 3.76. The van der Waals surface area contributed by atoms with Crippen LogP contribution in [0, 0.1) is 0 Å². The minimum absolute atomic E-state index is 0.122. The highest BCUT2D eigenvalue weighted by Crippen LogP contribution is 2.43. The van der Waals surface area contributed by atoms with E-state index in [0.29, 0.717) is 17.7 Å². The Morgan fingerprint density at radius 1 is 1.38 bits per heavy atom. The smallest absolute Gasteiger partial charge is 0.342 e. The van der Waals surface area contributed by atoms with Gasteiger partial charge in [0.2, 0.25) is 0 Å². The van der Waals surface area contributed by atoms with Gasteiger partial charge in [-0.25, -0.2) is 4.79 Å². The molecule has 0 aliphatic carbocycles. The van der Waals surface area contributed by atoms with Crippen LogP contribution in [0.1, 0.15) is 30.5 Å². The Morgan fingerprint density at radius 2 is 2.19 bits per heavy atom. The molecule has 1 N–H and O–H groups in total. The molecule has 1 aromatic rings. The topological polar surface area (TPSA) is 62.1 Å². The van der Waals surface area contributed by atoms with Crippen molar-refractivity contribution >= 4 is 11.7 Å². The van der Waals surface area contributed by atoms with Gasteiger partial charge in [0.15, 0.2) is 0 Å². The van der Waals surface area contributed by atoms with Gasteiger partial charge in [0.1, 0.15) is 11.7 Å². The van der Waals surface area contributed by atoms with E-state index in [1.54, 1.807) is 0 Å². The maximum Gasteiger partial charge on any atom is 0.342 e. The highest BCUT2D eigenvalue weighted by atomic mass is 16.5. The third-order valence-corrected chi connectivity index (χ3v) is 4.65. The molecule has 0 spiro atoms. The van der Waals surface area contributed by atoms with Gasteiger partial charge >= 0.3 is 5.97 Å². The molecule has 5 nitrogen and oxygen atoms in total. The van der Waals surface area contributed by atoms with E-state index in [-0.39, 0.29) is 18.1 Å². The molecule has 3 aliphatic rings. The van der Waals surface area contributed by atoms with E-state index in [9.17, 15) is 10.0 Å². The van der Waals surface area contributed by atoms with Gasteiger partial charge in [-0.15, -0.1) is 0 Å². The van der Waals surface area contributed by atoms with Gasteiger partial charge < -0.3 is 14.8 Å². The maximum absolute atomic E-state index is 12.0. The Morgan fingerprint density at radius 3 is 3.00 bits per heavy atom. The van der Waals surface area contributed by atoms with E-state index in [1.165, 1.54) is 11.1 Å². The average molecular weight is 284 g/mol. The third-order valence-electron chi connectivity index (χ3n) is 4.65. The second kappa shape index (κ2) is 4.35. The zero-order valence-corrected chi connectivity index (χ0v) is 11.7. The predicted octanol–water partition coefficient (Wildman–Crippen LogP) is 2.02. The number of oxime groups is 1. The largest absolute Gasteiger partial charge is 0.453 e.